The number of rotatable bonds is 1. The van der Waals surface area contributed by atoms with Gasteiger partial charge in [-0.1, -0.05) is 0 Å². The summed E-state index contributed by atoms with van der Waals surface area (Å²) in [6, 6.07) is 0. The van der Waals surface area contributed by atoms with Crippen molar-refractivity contribution in [3.8, 4) is 0 Å². The van der Waals surface area contributed by atoms with Crippen molar-refractivity contribution in [1.29, 1.82) is 0 Å². The quantitative estimate of drug-likeness (QED) is 0.674. The number of allylic oxidation sites excluding steroid dienone is 2. The van der Waals surface area contributed by atoms with Gasteiger partial charge in [0.1, 0.15) is 5.01 Å². The third-order valence-electron chi connectivity index (χ3n) is 1.28. The van der Waals surface area contributed by atoms with Crippen molar-refractivity contribution in [3.05, 3.63) is 34.3 Å². The topological polar surface area (TPSA) is 24.9 Å². The molecule has 0 atom stereocenters. The molecule has 0 radical (unpaired) electrons. The lowest BCUT2D eigenvalue weighted by atomic mass is 10.3. The largest absolute Gasteiger partial charge is 0.332 e. The molecular weight excluding hydrogens is 176 g/mol. The zero-order valence-corrected chi connectivity index (χ0v) is 7.28. The van der Waals surface area contributed by atoms with E-state index in [0.29, 0.717) is 0 Å². The maximum Gasteiger partial charge on any atom is 0.124 e. The van der Waals surface area contributed by atoms with Gasteiger partial charge in [-0.2, -0.15) is 0 Å². The van der Waals surface area contributed by atoms with Crippen LogP contribution in [0.25, 0.3) is 5.57 Å². The van der Waals surface area contributed by atoms with Gasteiger partial charge in [-0.05, 0) is 23.4 Å². The summed E-state index contributed by atoms with van der Waals surface area (Å²) in [6.07, 6.45) is 5.83. The Hall–Kier alpha value is -0.740. The number of nitrogens with zero attached hydrogens (tertiary/aromatic N) is 1. The van der Waals surface area contributed by atoms with Gasteiger partial charge in [0.15, 0.2) is 0 Å². The minimum atomic E-state index is 1.06. The van der Waals surface area contributed by atoms with Crippen LogP contribution in [0.5, 0.6) is 0 Å². The molecule has 0 aromatic carbocycles. The molecule has 0 spiro atoms. The molecule has 0 saturated heterocycles. The molecule has 2 heterocycles. The molecule has 0 bridgehead atoms. The third-order valence-corrected chi connectivity index (χ3v) is 2.63. The van der Waals surface area contributed by atoms with Gasteiger partial charge in [-0.25, -0.2) is 4.98 Å². The van der Waals surface area contributed by atoms with Crippen molar-refractivity contribution in [2.24, 2.45) is 0 Å². The number of nitrogens with one attached hydrogen (secondary N) is 1. The minimum Gasteiger partial charge on any atom is -0.332 e. The summed E-state index contributed by atoms with van der Waals surface area (Å²) in [6.45, 7) is 0. The summed E-state index contributed by atoms with van der Waals surface area (Å²) >= 11 is 3.22. The van der Waals surface area contributed by atoms with Crippen LogP contribution in [-0.2, 0) is 0 Å². The van der Waals surface area contributed by atoms with Crippen molar-refractivity contribution in [2.45, 2.75) is 0 Å². The van der Waals surface area contributed by atoms with Gasteiger partial charge in [-0.15, -0.1) is 11.3 Å². The predicted octanol–water partition coefficient (Wildman–Crippen LogP) is 2.25. The molecule has 2 rings (SSSR count). The Kier molecular flexibility index (Phi) is 1.96. The Balaban J connectivity index is 2.29. The first-order chi connectivity index (χ1) is 5.47. The average Bonchev–Trinajstić information content (AvgIpc) is 2.58. The fourth-order valence-corrected chi connectivity index (χ4v) is 1.91. The highest BCUT2D eigenvalue weighted by Crippen LogP contribution is 2.21. The van der Waals surface area contributed by atoms with E-state index in [0.717, 1.165) is 10.6 Å². The summed E-state index contributed by atoms with van der Waals surface area (Å²) in [4.78, 5) is 4.19. The minimum absolute atomic E-state index is 1.06. The second kappa shape index (κ2) is 3.11. The van der Waals surface area contributed by atoms with E-state index in [9.17, 15) is 0 Å². The summed E-state index contributed by atoms with van der Waals surface area (Å²) in [5, 5.41) is 5.05. The second-order valence-electron chi connectivity index (χ2n) is 1.98. The van der Waals surface area contributed by atoms with Crippen molar-refractivity contribution in [3.63, 3.8) is 0 Å². The van der Waals surface area contributed by atoms with E-state index in [1.807, 2.05) is 23.2 Å². The normalized spacial score (nSPS) is 15.8. The first kappa shape index (κ1) is 6.94. The van der Waals surface area contributed by atoms with Crippen molar-refractivity contribution in [2.75, 3.05) is 0 Å². The summed E-state index contributed by atoms with van der Waals surface area (Å²) in [5.74, 6) is 0. The first-order valence-corrected chi connectivity index (χ1v) is 4.90. The summed E-state index contributed by atoms with van der Waals surface area (Å²) in [5.41, 5.74) is 1.15. The van der Waals surface area contributed by atoms with Gasteiger partial charge in [0.2, 0.25) is 0 Å². The second-order valence-corrected chi connectivity index (χ2v) is 3.61. The number of aromatic nitrogens is 1. The van der Waals surface area contributed by atoms with Crippen molar-refractivity contribution in [1.82, 2.24) is 9.71 Å². The molecule has 1 aromatic rings. The van der Waals surface area contributed by atoms with Crippen LogP contribution in [0.1, 0.15) is 5.01 Å². The van der Waals surface area contributed by atoms with E-state index in [-0.39, 0.29) is 0 Å². The highest BCUT2D eigenvalue weighted by Gasteiger charge is 2.01. The molecule has 0 unspecified atom stereocenters. The molecule has 1 N–H and O–H groups in total. The summed E-state index contributed by atoms with van der Waals surface area (Å²) in [7, 11) is 0. The summed E-state index contributed by atoms with van der Waals surface area (Å²) < 4.78 is 3.06. The van der Waals surface area contributed by atoms with Gasteiger partial charge in [0.05, 0.1) is 0 Å². The van der Waals surface area contributed by atoms with Gasteiger partial charge in [0, 0.05) is 23.3 Å². The van der Waals surface area contributed by atoms with E-state index in [2.05, 4.69) is 15.8 Å². The number of thiazole rings is 1. The van der Waals surface area contributed by atoms with E-state index >= 15 is 0 Å². The molecule has 1 aromatic heterocycles. The SMILES string of the molecule is C1=CC(c2nccs2)=CNS1. The van der Waals surface area contributed by atoms with Crippen LogP contribution >= 0.6 is 23.3 Å². The maximum absolute atomic E-state index is 4.19. The molecular formula is C7H6N2S2. The highest BCUT2D eigenvalue weighted by atomic mass is 32.2. The molecule has 1 aliphatic heterocycles. The van der Waals surface area contributed by atoms with E-state index < -0.39 is 0 Å². The lowest BCUT2D eigenvalue weighted by Crippen LogP contribution is -1.95. The Labute approximate surface area is 73.2 Å². The molecule has 1 aliphatic rings. The van der Waals surface area contributed by atoms with Crippen molar-refractivity contribution >= 4 is 28.9 Å². The predicted molar refractivity (Wildman–Crippen MR) is 50.0 cm³/mol. The van der Waals surface area contributed by atoms with Crippen LogP contribution in [0.15, 0.2) is 29.3 Å². The molecule has 4 heteroatoms. The Bertz CT molecular complexity index is 287. The molecule has 2 nitrogen and oxygen atoms in total. The lowest BCUT2D eigenvalue weighted by Gasteiger charge is -2.03. The fraction of sp³-hybridized carbons (Fsp3) is 0. The van der Waals surface area contributed by atoms with Crippen LogP contribution in [0, 0.1) is 0 Å². The third kappa shape index (κ3) is 1.46. The first-order valence-electron chi connectivity index (χ1n) is 3.14. The smallest absolute Gasteiger partial charge is 0.124 e. The molecule has 0 aliphatic carbocycles. The lowest BCUT2D eigenvalue weighted by molar-refractivity contribution is 1.35. The number of hydrogen-bond donors (Lipinski definition) is 1. The van der Waals surface area contributed by atoms with E-state index in [4.69, 9.17) is 0 Å². The molecule has 11 heavy (non-hydrogen) atoms. The Morgan fingerprint density at radius 3 is 3.09 bits per heavy atom. The van der Waals surface area contributed by atoms with E-state index in [1.54, 1.807) is 23.3 Å². The van der Waals surface area contributed by atoms with Crippen LogP contribution in [0.2, 0.25) is 0 Å². The average molecular weight is 182 g/mol. The van der Waals surface area contributed by atoms with Gasteiger partial charge < -0.3 is 4.72 Å². The van der Waals surface area contributed by atoms with Gasteiger partial charge >= 0.3 is 0 Å². The van der Waals surface area contributed by atoms with Crippen LogP contribution < -0.4 is 4.72 Å². The van der Waals surface area contributed by atoms with Crippen LogP contribution in [-0.4, -0.2) is 4.98 Å². The Morgan fingerprint density at radius 2 is 2.45 bits per heavy atom. The molecule has 56 valence electrons. The van der Waals surface area contributed by atoms with Crippen molar-refractivity contribution < 1.29 is 0 Å². The zero-order chi connectivity index (χ0) is 7.52. The maximum atomic E-state index is 4.19. The van der Waals surface area contributed by atoms with Crippen LogP contribution in [0.3, 0.4) is 0 Å². The van der Waals surface area contributed by atoms with Gasteiger partial charge in [-0.3, -0.25) is 0 Å². The zero-order valence-electron chi connectivity index (χ0n) is 5.65. The monoisotopic (exact) mass is 182 g/mol. The molecule has 0 fully saturated rings. The fourth-order valence-electron chi connectivity index (χ4n) is 0.791. The standard InChI is InChI=1S/C7H6N2S2/c1-3-11-9-5-6(1)7-8-2-4-10-7/h1-5,9H. The van der Waals surface area contributed by atoms with Gasteiger partial charge in [0.25, 0.3) is 0 Å². The van der Waals surface area contributed by atoms with Crippen LogP contribution in [0.4, 0.5) is 0 Å². The molecule has 0 saturated carbocycles. The molecule has 0 amide bonds. The highest BCUT2D eigenvalue weighted by molar-refractivity contribution is 8.00. The number of hydrogen-bond acceptors (Lipinski definition) is 4. The van der Waals surface area contributed by atoms with E-state index in [1.165, 1.54) is 0 Å². The Morgan fingerprint density at radius 1 is 1.45 bits per heavy atom.